The molecule has 4 nitrogen and oxygen atoms in total. The van der Waals surface area contributed by atoms with Crippen LogP contribution in [-0.4, -0.2) is 11.8 Å². The Bertz CT molecular complexity index is 1280. The van der Waals surface area contributed by atoms with E-state index in [4.69, 9.17) is 0 Å². The largest absolute Gasteiger partial charge is 0.416 e. The maximum absolute atomic E-state index is 13.3. The summed E-state index contributed by atoms with van der Waals surface area (Å²) in [5.41, 5.74) is 1.38. The second kappa shape index (κ2) is 10.3. The molecule has 4 rings (SSSR count). The molecule has 0 saturated carbocycles. The maximum Gasteiger partial charge on any atom is 0.416 e. The lowest BCUT2D eigenvalue weighted by atomic mass is 9.90. The molecule has 0 fully saturated rings. The predicted molar refractivity (Wildman–Crippen MR) is 129 cm³/mol. The van der Waals surface area contributed by atoms with E-state index in [0.29, 0.717) is 5.69 Å². The first-order chi connectivity index (χ1) is 16.8. The Balaban J connectivity index is 1.53. The van der Waals surface area contributed by atoms with E-state index in [1.165, 1.54) is 24.3 Å². The fraction of sp³-hybridized carbons (Fsp3) is 0.0714. The van der Waals surface area contributed by atoms with Crippen molar-refractivity contribution in [1.29, 1.82) is 0 Å². The number of hydrogen-bond acceptors (Lipinski definition) is 2. The normalized spacial score (nSPS) is 11.2. The lowest BCUT2D eigenvalue weighted by Gasteiger charge is -2.18. The Morgan fingerprint density at radius 2 is 1.17 bits per heavy atom. The summed E-state index contributed by atoms with van der Waals surface area (Å²) in [6, 6.07) is 29.3. The molecule has 4 aromatic carbocycles. The van der Waals surface area contributed by atoms with Crippen LogP contribution in [0.25, 0.3) is 0 Å². The van der Waals surface area contributed by atoms with E-state index in [9.17, 15) is 22.8 Å². The van der Waals surface area contributed by atoms with Crippen molar-refractivity contribution < 1.29 is 22.8 Å². The highest BCUT2D eigenvalue weighted by atomic mass is 19.4. The van der Waals surface area contributed by atoms with Gasteiger partial charge in [0.2, 0.25) is 5.91 Å². The van der Waals surface area contributed by atoms with Gasteiger partial charge in [0.05, 0.1) is 11.5 Å². The van der Waals surface area contributed by atoms with Crippen LogP contribution in [-0.2, 0) is 11.0 Å². The molecule has 35 heavy (non-hydrogen) atoms. The SMILES string of the molecule is O=C(Nc1cccc(C(F)(F)F)c1)c1cccc(NC(=O)C(c2ccccc2)c2ccccc2)c1. The number of carbonyl (C=O) groups excluding carboxylic acids is 2. The molecular weight excluding hydrogens is 453 g/mol. The third-order valence-electron chi connectivity index (χ3n) is 5.37. The van der Waals surface area contributed by atoms with Crippen molar-refractivity contribution in [2.24, 2.45) is 0 Å². The monoisotopic (exact) mass is 474 g/mol. The number of hydrogen-bond donors (Lipinski definition) is 2. The first-order valence-electron chi connectivity index (χ1n) is 10.8. The second-order valence-electron chi connectivity index (χ2n) is 7.86. The Kier molecular flexibility index (Phi) is 6.96. The van der Waals surface area contributed by atoms with Gasteiger partial charge in [-0.1, -0.05) is 72.8 Å². The van der Waals surface area contributed by atoms with Gasteiger partial charge in [0, 0.05) is 16.9 Å². The van der Waals surface area contributed by atoms with Crippen molar-refractivity contribution in [3.05, 3.63) is 131 Å². The second-order valence-corrected chi connectivity index (χ2v) is 7.86. The molecule has 0 atom stereocenters. The lowest BCUT2D eigenvalue weighted by molar-refractivity contribution is -0.137. The minimum Gasteiger partial charge on any atom is -0.325 e. The molecular formula is C28H21F3N2O2. The number of nitrogens with one attached hydrogen (secondary N) is 2. The van der Waals surface area contributed by atoms with Gasteiger partial charge in [-0.25, -0.2) is 0 Å². The highest BCUT2D eigenvalue weighted by molar-refractivity contribution is 6.06. The standard InChI is InChI=1S/C28H21F3N2O2/c29-28(30,31)22-14-8-16-24(18-22)32-26(34)21-13-7-15-23(17-21)33-27(35)25(19-9-3-1-4-10-19)20-11-5-2-6-12-20/h1-18,25H,(H,32,34)(H,33,35). The summed E-state index contributed by atoms with van der Waals surface area (Å²) < 4.78 is 38.9. The third-order valence-corrected chi connectivity index (χ3v) is 5.37. The Hall–Kier alpha value is -4.39. The van der Waals surface area contributed by atoms with Crippen molar-refractivity contribution in [3.8, 4) is 0 Å². The fourth-order valence-electron chi connectivity index (χ4n) is 3.72. The van der Waals surface area contributed by atoms with Crippen molar-refractivity contribution >= 4 is 23.2 Å². The number of halogens is 3. The van der Waals surface area contributed by atoms with Gasteiger partial charge in [0.25, 0.3) is 5.91 Å². The molecule has 0 aliphatic heterocycles. The van der Waals surface area contributed by atoms with E-state index in [1.807, 2.05) is 60.7 Å². The van der Waals surface area contributed by atoms with Crippen LogP contribution in [0.2, 0.25) is 0 Å². The summed E-state index contributed by atoms with van der Waals surface area (Å²) in [6.07, 6.45) is -4.51. The van der Waals surface area contributed by atoms with E-state index in [0.717, 1.165) is 23.3 Å². The Morgan fingerprint density at radius 3 is 1.74 bits per heavy atom. The zero-order valence-electron chi connectivity index (χ0n) is 18.4. The van der Waals surface area contributed by atoms with E-state index >= 15 is 0 Å². The Labute approximate surface area is 200 Å². The maximum atomic E-state index is 13.3. The van der Waals surface area contributed by atoms with Crippen LogP contribution in [0.5, 0.6) is 0 Å². The minimum absolute atomic E-state index is 0.0208. The zero-order chi connectivity index (χ0) is 24.8. The molecule has 7 heteroatoms. The van der Waals surface area contributed by atoms with Crippen molar-refractivity contribution in [2.75, 3.05) is 10.6 Å². The fourth-order valence-corrected chi connectivity index (χ4v) is 3.72. The summed E-state index contributed by atoms with van der Waals surface area (Å²) in [4.78, 5) is 26.0. The topological polar surface area (TPSA) is 58.2 Å². The lowest BCUT2D eigenvalue weighted by Crippen LogP contribution is -2.22. The van der Waals surface area contributed by atoms with E-state index in [-0.39, 0.29) is 17.2 Å². The van der Waals surface area contributed by atoms with Crippen LogP contribution >= 0.6 is 0 Å². The highest BCUT2D eigenvalue weighted by Gasteiger charge is 2.30. The quantitative estimate of drug-likeness (QED) is 0.326. The van der Waals surface area contributed by atoms with Gasteiger partial charge in [-0.15, -0.1) is 0 Å². The number of benzene rings is 4. The van der Waals surface area contributed by atoms with Crippen LogP contribution < -0.4 is 10.6 Å². The number of amides is 2. The van der Waals surface area contributed by atoms with Gasteiger partial charge in [-0.2, -0.15) is 13.2 Å². The van der Waals surface area contributed by atoms with E-state index in [1.54, 1.807) is 12.1 Å². The molecule has 2 N–H and O–H groups in total. The van der Waals surface area contributed by atoms with Crippen LogP contribution in [0.4, 0.5) is 24.5 Å². The molecule has 4 aromatic rings. The molecule has 0 heterocycles. The average molecular weight is 474 g/mol. The molecule has 0 spiro atoms. The third kappa shape index (κ3) is 5.95. The van der Waals surface area contributed by atoms with Crippen molar-refractivity contribution in [1.82, 2.24) is 0 Å². The predicted octanol–water partition coefficient (Wildman–Crippen LogP) is 6.73. The summed E-state index contributed by atoms with van der Waals surface area (Å²) >= 11 is 0. The Morgan fingerprint density at radius 1 is 0.629 bits per heavy atom. The highest BCUT2D eigenvalue weighted by Crippen LogP contribution is 2.31. The smallest absolute Gasteiger partial charge is 0.325 e. The summed E-state index contributed by atoms with van der Waals surface area (Å²) in [5, 5.41) is 5.33. The number of alkyl halides is 3. The summed E-state index contributed by atoms with van der Waals surface area (Å²) in [6.45, 7) is 0. The molecule has 0 aliphatic carbocycles. The molecule has 0 aliphatic rings. The number of carbonyl (C=O) groups is 2. The molecule has 0 unspecified atom stereocenters. The first kappa shape index (κ1) is 23.8. The van der Waals surface area contributed by atoms with Crippen molar-refractivity contribution in [2.45, 2.75) is 12.1 Å². The number of anilines is 2. The van der Waals surface area contributed by atoms with Crippen LogP contribution in [0, 0.1) is 0 Å². The average Bonchev–Trinajstić information content (AvgIpc) is 2.85. The zero-order valence-corrected chi connectivity index (χ0v) is 18.4. The summed E-state index contributed by atoms with van der Waals surface area (Å²) in [5.74, 6) is -1.44. The van der Waals surface area contributed by atoms with Crippen LogP contribution in [0.1, 0.15) is 33.0 Å². The van der Waals surface area contributed by atoms with Crippen LogP contribution in [0.15, 0.2) is 109 Å². The van der Waals surface area contributed by atoms with Gasteiger partial charge in [-0.3, -0.25) is 9.59 Å². The number of rotatable bonds is 6. The van der Waals surface area contributed by atoms with E-state index < -0.39 is 23.6 Å². The van der Waals surface area contributed by atoms with E-state index in [2.05, 4.69) is 10.6 Å². The molecule has 0 saturated heterocycles. The molecule has 2 amide bonds. The first-order valence-corrected chi connectivity index (χ1v) is 10.8. The van der Waals surface area contributed by atoms with Crippen molar-refractivity contribution in [3.63, 3.8) is 0 Å². The van der Waals surface area contributed by atoms with Gasteiger partial charge in [-0.05, 0) is 47.5 Å². The van der Waals surface area contributed by atoms with Gasteiger partial charge >= 0.3 is 6.18 Å². The molecule has 0 aromatic heterocycles. The molecule has 0 radical (unpaired) electrons. The molecule has 176 valence electrons. The van der Waals surface area contributed by atoms with Gasteiger partial charge in [0.1, 0.15) is 0 Å². The minimum atomic E-state index is -4.51. The molecule has 0 bridgehead atoms. The summed E-state index contributed by atoms with van der Waals surface area (Å²) in [7, 11) is 0. The van der Waals surface area contributed by atoms with Gasteiger partial charge < -0.3 is 10.6 Å². The van der Waals surface area contributed by atoms with Crippen LogP contribution in [0.3, 0.4) is 0 Å². The van der Waals surface area contributed by atoms with Gasteiger partial charge in [0.15, 0.2) is 0 Å².